The highest BCUT2D eigenvalue weighted by atomic mass is 16.5. The molecule has 0 aromatic heterocycles. The highest BCUT2D eigenvalue weighted by molar-refractivity contribution is 6.22. The van der Waals surface area contributed by atoms with E-state index in [1.165, 1.54) is 6.20 Å². The third kappa shape index (κ3) is 3.88. The minimum absolute atomic E-state index is 0.164. The van der Waals surface area contributed by atoms with Gasteiger partial charge in [0.05, 0.1) is 17.5 Å². The molecule has 1 aliphatic rings. The number of fused-ring (bicyclic) bond motifs is 1. The Morgan fingerprint density at radius 1 is 1.00 bits per heavy atom. The molecule has 2 amide bonds. The average Bonchev–Trinajstić information content (AvgIpc) is 2.90. The van der Waals surface area contributed by atoms with Gasteiger partial charge in [0.2, 0.25) is 0 Å². The molecule has 1 unspecified atom stereocenters. The second-order valence-corrected chi connectivity index (χ2v) is 6.20. The predicted molar refractivity (Wildman–Crippen MR) is 96.1 cm³/mol. The zero-order chi connectivity index (χ0) is 18.5. The first-order valence-electron chi connectivity index (χ1n) is 8.41. The van der Waals surface area contributed by atoms with Gasteiger partial charge in [-0.25, -0.2) is 4.90 Å². The summed E-state index contributed by atoms with van der Waals surface area (Å²) in [5.41, 5.74) is 1.73. The zero-order valence-electron chi connectivity index (χ0n) is 14.4. The van der Waals surface area contributed by atoms with Gasteiger partial charge >= 0.3 is 5.97 Å². The normalized spacial score (nSPS) is 14.6. The Labute approximate surface area is 151 Å². The van der Waals surface area contributed by atoms with Crippen molar-refractivity contribution >= 4 is 17.8 Å². The summed E-state index contributed by atoms with van der Waals surface area (Å²) in [6.07, 6.45) is 3.29. The number of hydrogen-bond donors (Lipinski definition) is 0. The second kappa shape index (κ2) is 7.78. The van der Waals surface area contributed by atoms with E-state index >= 15 is 0 Å². The Kier molecular flexibility index (Phi) is 5.27. The molecule has 0 saturated carbocycles. The van der Waals surface area contributed by atoms with Crippen molar-refractivity contribution in [3.8, 4) is 0 Å². The lowest BCUT2D eigenvalue weighted by Crippen LogP contribution is -2.23. The van der Waals surface area contributed by atoms with E-state index in [0.29, 0.717) is 11.1 Å². The van der Waals surface area contributed by atoms with Crippen molar-refractivity contribution in [1.29, 1.82) is 0 Å². The van der Waals surface area contributed by atoms with E-state index in [4.69, 9.17) is 4.74 Å². The van der Waals surface area contributed by atoms with Crippen molar-refractivity contribution in [3.05, 3.63) is 83.6 Å². The minimum Gasteiger partial charge on any atom is -0.461 e. The number of benzene rings is 2. The lowest BCUT2D eigenvalue weighted by molar-refractivity contribution is -0.145. The van der Waals surface area contributed by atoms with Crippen LogP contribution in [0.4, 0.5) is 0 Å². The molecule has 0 saturated heterocycles. The van der Waals surface area contributed by atoms with Crippen LogP contribution >= 0.6 is 0 Å². The molecule has 0 aliphatic carbocycles. The molecule has 3 rings (SSSR count). The number of imide groups is 1. The van der Waals surface area contributed by atoms with Crippen molar-refractivity contribution in [3.63, 3.8) is 0 Å². The number of rotatable bonds is 6. The van der Waals surface area contributed by atoms with Crippen LogP contribution in [0.3, 0.4) is 0 Å². The van der Waals surface area contributed by atoms with Crippen molar-refractivity contribution in [2.45, 2.75) is 20.0 Å². The Morgan fingerprint density at radius 2 is 1.58 bits per heavy atom. The maximum absolute atomic E-state index is 12.3. The molecule has 0 fully saturated rings. The summed E-state index contributed by atoms with van der Waals surface area (Å²) in [5, 5.41) is 0. The number of amides is 2. The van der Waals surface area contributed by atoms with Crippen LogP contribution in [0.2, 0.25) is 0 Å². The number of allylic oxidation sites excluding steroid dienone is 1. The van der Waals surface area contributed by atoms with Crippen molar-refractivity contribution < 1.29 is 19.1 Å². The summed E-state index contributed by atoms with van der Waals surface area (Å²) < 4.78 is 5.24. The molecule has 0 spiro atoms. The quantitative estimate of drug-likeness (QED) is 0.591. The van der Waals surface area contributed by atoms with E-state index in [2.05, 4.69) is 0 Å². The fourth-order valence-corrected chi connectivity index (χ4v) is 2.70. The van der Waals surface area contributed by atoms with E-state index in [0.717, 1.165) is 10.5 Å². The summed E-state index contributed by atoms with van der Waals surface area (Å²) >= 11 is 0. The molecule has 1 aliphatic heterocycles. The average molecular weight is 349 g/mol. The Hall–Kier alpha value is -3.21. The first-order valence-corrected chi connectivity index (χ1v) is 8.41. The largest absolute Gasteiger partial charge is 0.461 e. The van der Waals surface area contributed by atoms with Gasteiger partial charge in [-0.15, -0.1) is 0 Å². The van der Waals surface area contributed by atoms with Crippen LogP contribution in [0.25, 0.3) is 0 Å². The molecule has 0 N–H and O–H groups in total. The summed E-state index contributed by atoms with van der Waals surface area (Å²) in [7, 11) is 0. The van der Waals surface area contributed by atoms with Crippen molar-refractivity contribution in [2.24, 2.45) is 5.92 Å². The van der Waals surface area contributed by atoms with Gasteiger partial charge < -0.3 is 4.74 Å². The molecule has 1 heterocycles. The lowest BCUT2D eigenvalue weighted by atomic mass is 10.1. The maximum atomic E-state index is 12.3. The molecule has 1 atom stereocenters. The summed E-state index contributed by atoms with van der Waals surface area (Å²) in [5.74, 6) is -1.18. The molecule has 2 aromatic carbocycles. The van der Waals surface area contributed by atoms with Gasteiger partial charge in [0.15, 0.2) is 0 Å². The smallest absolute Gasteiger partial charge is 0.306 e. The van der Waals surface area contributed by atoms with E-state index in [1.807, 2.05) is 37.3 Å². The number of nitrogens with zero attached hydrogens (tertiary/aromatic N) is 1. The van der Waals surface area contributed by atoms with Gasteiger partial charge in [0.25, 0.3) is 11.8 Å². The SMILES string of the molecule is CC(/C=C/N1C(=O)c2ccccc2C1=O)CC(=O)OCc1ccccc1. The van der Waals surface area contributed by atoms with E-state index in [1.54, 1.807) is 30.3 Å². The first-order chi connectivity index (χ1) is 12.6. The van der Waals surface area contributed by atoms with Gasteiger partial charge in [-0.3, -0.25) is 14.4 Å². The van der Waals surface area contributed by atoms with Gasteiger partial charge in [0.1, 0.15) is 6.61 Å². The fourth-order valence-electron chi connectivity index (χ4n) is 2.70. The zero-order valence-corrected chi connectivity index (χ0v) is 14.4. The standard InChI is InChI=1S/C21H19NO4/c1-15(13-19(23)26-14-16-7-3-2-4-8-16)11-12-22-20(24)17-9-5-6-10-18(17)21(22)25/h2-12,15H,13-14H2,1H3/b12-11+. The lowest BCUT2D eigenvalue weighted by Gasteiger charge is -2.10. The van der Waals surface area contributed by atoms with Crippen LogP contribution in [0, 0.1) is 5.92 Å². The van der Waals surface area contributed by atoms with Crippen LogP contribution in [-0.2, 0) is 16.1 Å². The molecule has 2 aromatic rings. The highest BCUT2D eigenvalue weighted by Crippen LogP contribution is 2.23. The monoisotopic (exact) mass is 349 g/mol. The molecule has 0 radical (unpaired) electrons. The number of hydrogen-bond acceptors (Lipinski definition) is 4. The van der Waals surface area contributed by atoms with Crippen molar-refractivity contribution in [2.75, 3.05) is 0 Å². The van der Waals surface area contributed by atoms with Crippen LogP contribution < -0.4 is 0 Å². The van der Waals surface area contributed by atoms with Crippen LogP contribution in [0.1, 0.15) is 39.6 Å². The molecule has 5 heteroatoms. The molecule has 26 heavy (non-hydrogen) atoms. The van der Waals surface area contributed by atoms with Gasteiger partial charge in [-0.2, -0.15) is 0 Å². The number of carbonyl (C=O) groups excluding carboxylic acids is 3. The summed E-state index contributed by atoms with van der Waals surface area (Å²) in [6, 6.07) is 16.2. The van der Waals surface area contributed by atoms with Gasteiger partial charge in [0, 0.05) is 6.20 Å². The van der Waals surface area contributed by atoms with E-state index in [9.17, 15) is 14.4 Å². The topological polar surface area (TPSA) is 63.7 Å². The number of carbonyl (C=O) groups is 3. The van der Waals surface area contributed by atoms with Crippen molar-refractivity contribution in [1.82, 2.24) is 4.90 Å². The highest BCUT2D eigenvalue weighted by Gasteiger charge is 2.33. The predicted octanol–water partition coefficient (Wildman–Crippen LogP) is 3.57. The van der Waals surface area contributed by atoms with Crippen LogP contribution in [-0.4, -0.2) is 22.7 Å². The Balaban J connectivity index is 1.53. The Morgan fingerprint density at radius 3 is 2.19 bits per heavy atom. The first kappa shape index (κ1) is 17.6. The van der Waals surface area contributed by atoms with Crippen LogP contribution in [0.15, 0.2) is 66.9 Å². The summed E-state index contributed by atoms with van der Waals surface area (Å²) in [4.78, 5) is 37.5. The molecule has 0 bridgehead atoms. The fraction of sp³-hybridized carbons (Fsp3) is 0.190. The number of ether oxygens (including phenoxy) is 1. The number of esters is 1. The van der Waals surface area contributed by atoms with Gasteiger partial charge in [-0.05, 0) is 23.6 Å². The van der Waals surface area contributed by atoms with Crippen LogP contribution in [0.5, 0.6) is 0 Å². The van der Waals surface area contributed by atoms with Gasteiger partial charge in [-0.1, -0.05) is 55.5 Å². The molecular formula is C21H19NO4. The third-order valence-corrected chi connectivity index (χ3v) is 4.12. The minimum atomic E-state index is -0.347. The summed E-state index contributed by atoms with van der Waals surface area (Å²) in [6.45, 7) is 2.06. The van der Waals surface area contributed by atoms with E-state index < -0.39 is 0 Å². The molecule has 5 nitrogen and oxygen atoms in total. The third-order valence-electron chi connectivity index (χ3n) is 4.12. The molecular weight excluding hydrogens is 330 g/mol. The molecule has 132 valence electrons. The maximum Gasteiger partial charge on any atom is 0.306 e. The second-order valence-electron chi connectivity index (χ2n) is 6.20. The van der Waals surface area contributed by atoms with E-state index in [-0.39, 0.29) is 36.7 Å². The Bertz CT molecular complexity index is 822.